The van der Waals surface area contributed by atoms with Crippen LogP contribution in [0.25, 0.3) is 0 Å². The van der Waals surface area contributed by atoms with Gasteiger partial charge in [0.15, 0.2) is 0 Å². The van der Waals surface area contributed by atoms with E-state index in [9.17, 15) is 20.0 Å². The number of allylic oxidation sites excluding steroid dienone is 1. The van der Waals surface area contributed by atoms with Crippen LogP contribution < -0.4 is 10.2 Å². The number of piperazine rings is 1. The summed E-state index contributed by atoms with van der Waals surface area (Å²) >= 11 is 5.97. The zero-order valence-electron chi connectivity index (χ0n) is 18.4. The zero-order chi connectivity index (χ0) is 23.4. The Morgan fingerprint density at radius 2 is 1.94 bits per heavy atom. The molecule has 9 heteroatoms. The number of nitrogens with zero attached hydrogens (tertiary/aromatic N) is 4. The first-order chi connectivity index (χ1) is 15.9. The van der Waals surface area contributed by atoms with Gasteiger partial charge in [0.1, 0.15) is 6.07 Å². The van der Waals surface area contributed by atoms with Gasteiger partial charge in [-0.2, -0.15) is 5.26 Å². The van der Waals surface area contributed by atoms with Crippen LogP contribution in [0.5, 0.6) is 0 Å². The molecule has 2 aliphatic heterocycles. The molecule has 1 aliphatic carbocycles. The molecule has 4 rings (SSSR count). The largest absolute Gasteiger partial charge is 0.387 e. The zero-order valence-corrected chi connectivity index (χ0v) is 19.2. The van der Waals surface area contributed by atoms with E-state index in [2.05, 4.69) is 16.3 Å². The van der Waals surface area contributed by atoms with Gasteiger partial charge in [0.05, 0.1) is 29.8 Å². The van der Waals surface area contributed by atoms with Crippen molar-refractivity contribution in [3.05, 3.63) is 52.7 Å². The maximum absolute atomic E-state index is 12.8. The van der Waals surface area contributed by atoms with E-state index in [0.29, 0.717) is 74.9 Å². The van der Waals surface area contributed by atoms with Crippen molar-refractivity contribution in [3.63, 3.8) is 0 Å². The summed E-state index contributed by atoms with van der Waals surface area (Å²) in [4.78, 5) is 31.5. The summed E-state index contributed by atoms with van der Waals surface area (Å²) in [5, 5.41) is 22.2. The summed E-state index contributed by atoms with van der Waals surface area (Å²) in [5.74, 6) is -0.196. The number of hydrogen-bond acceptors (Lipinski definition) is 6. The first kappa shape index (κ1) is 23.3. The Morgan fingerprint density at radius 1 is 1.18 bits per heavy atom. The van der Waals surface area contributed by atoms with Gasteiger partial charge in [-0.15, -0.1) is 0 Å². The van der Waals surface area contributed by atoms with Gasteiger partial charge in [0.25, 0.3) is 0 Å². The van der Waals surface area contributed by atoms with Gasteiger partial charge in [-0.3, -0.25) is 14.5 Å². The van der Waals surface area contributed by atoms with E-state index >= 15 is 0 Å². The minimum atomic E-state index is -0.705. The predicted molar refractivity (Wildman–Crippen MR) is 125 cm³/mol. The fraction of sp³-hybridized carbons (Fsp3) is 0.458. The molecule has 0 aromatic heterocycles. The molecule has 2 atom stereocenters. The lowest BCUT2D eigenvalue weighted by atomic mass is 10.1. The Labute approximate surface area is 198 Å². The highest BCUT2D eigenvalue weighted by atomic mass is 35.5. The number of aliphatic hydroxyl groups excluding tert-OH is 1. The molecule has 2 amide bonds. The highest BCUT2D eigenvalue weighted by molar-refractivity contribution is 6.30. The minimum Gasteiger partial charge on any atom is -0.387 e. The van der Waals surface area contributed by atoms with Crippen molar-refractivity contribution >= 4 is 29.1 Å². The molecule has 0 saturated carbocycles. The van der Waals surface area contributed by atoms with E-state index in [1.807, 2.05) is 34.1 Å². The second-order valence-corrected chi connectivity index (χ2v) is 9.08. The van der Waals surface area contributed by atoms with Crippen molar-refractivity contribution in [2.45, 2.75) is 18.9 Å². The molecule has 2 fully saturated rings. The van der Waals surface area contributed by atoms with Gasteiger partial charge in [-0.05, 0) is 37.6 Å². The van der Waals surface area contributed by atoms with Crippen LogP contribution in [0.1, 0.15) is 18.4 Å². The molecule has 33 heavy (non-hydrogen) atoms. The summed E-state index contributed by atoms with van der Waals surface area (Å²) in [7, 11) is 0. The molecule has 2 N–H and O–H groups in total. The number of amides is 2. The molecule has 3 aliphatic rings. The van der Waals surface area contributed by atoms with Gasteiger partial charge in [-0.25, -0.2) is 0 Å². The smallest absolute Gasteiger partial charge is 0.236 e. The number of benzene rings is 1. The summed E-state index contributed by atoms with van der Waals surface area (Å²) in [6.45, 7) is 4.16. The number of aliphatic hydroxyl groups is 1. The lowest BCUT2D eigenvalue weighted by molar-refractivity contribution is -0.133. The average Bonchev–Trinajstić information content (AvgIpc) is 3.30. The second kappa shape index (κ2) is 10.4. The van der Waals surface area contributed by atoms with Crippen LogP contribution in [0.15, 0.2) is 47.1 Å². The number of likely N-dealkylation sites (tertiary alicyclic amines) is 1. The first-order valence-corrected chi connectivity index (χ1v) is 11.6. The van der Waals surface area contributed by atoms with Gasteiger partial charge in [0, 0.05) is 43.5 Å². The Bertz CT molecular complexity index is 1010. The first-order valence-electron chi connectivity index (χ1n) is 11.2. The molecule has 2 heterocycles. The number of anilines is 1. The SMILES string of the molecule is N#Cc1ccccc1N1CCN(C(=O)CN2CC[C@@H](C(=O)NC3=CCC(O)C(Cl)=C3)C2)CC1. The van der Waals surface area contributed by atoms with Gasteiger partial charge < -0.3 is 20.2 Å². The third-order valence-electron chi connectivity index (χ3n) is 6.44. The van der Waals surface area contributed by atoms with Crippen molar-refractivity contribution in [2.75, 3.05) is 50.7 Å². The number of nitriles is 1. The molecular weight excluding hydrogens is 442 g/mol. The lowest BCUT2D eigenvalue weighted by Crippen LogP contribution is -2.51. The summed E-state index contributed by atoms with van der Waals surface area (Å²) < 4.78 is 0. The van der Waals surface area contributed by atoms with Crippen LogP contribution in [0.3, 0.4) is 0 Å². The number of halogens is 1. The van der Waals surface area contributed by atoms with Crippen LogP contribution in [0, 0.1) is 17.2 Å². The number of hydrogen-bond donors (Lipinski definition) is 2. The molecule has 0 bridgehead atoms. The van der Waals surface area contributed by atoms with Crippen LogP contribution in [-0.2, 0) is 9.59 Å². The maximum Gasteiger partial charge on any atom is 0.236 e. The normalized spacial score (nSPS) is 23.5. The third kappa shape index (κ3) is 5.56. The van der Waals surface area contributed by atoms with E-state index in [1.165, 1.54) is 0 Å². The van der Waals surface area contributed by atoms with Crippen LogP contribution in [-0.4, -0.2) is 78.6 Å². The van der Waals surface area contributed by atoms with E-state index in [1.54, 1.807) is 12.2 Å². The Balaban J connectivity index is 1.23. The Kier molecular flexibility index (Phi) is 7.33. The molecule has 0 radical (unpaired) electrons. The van der Waals surface area contributed by atoms with E-state index < -0.39 is 6.10 Å². The molecule has 174 valence electrons. The maximum atomic E-state index is 12.8. The molecule has 1 unspecified atom stereocenters. The van der Waals surface area contributed by atoms with Crippen LogP contribution >= 0.6 is 11.6 Å². The Hall–Kier alpha value is -2.86. The second-order valence-electron chi connectivity index (χ2n) is 8.65. The molecule has 8 nitrogen and oxygen atoms in total. The fourth-order valence-corrected chi connectivity index (χ4v) is 4.72. The van der Waals surface area contributed by atoms with E-state index in [0.717, 1.165) is 5.69 Å². The number of para-hydroxylation sites is 1. The minimum absolute atomic E-state index is 0.0722. The van der Waals surface area contributed by atoms with Crippen LogP contribution in [0.2, 0.25) is 0 Å². The highest BCUT2D eigenvalue weighted by Crippen LogP contribution is 2.23. The highest BCUT2D eigenvalue weighted by Gasteiger charge is 2.31. The standard InChI is InChI=1S/C24H28ClN5O3/c25-20-13-19(5-6-22(20)31)27-24(33)18-7-8-28(15-18)16-23(32)30-11-9-29(10-12-30)21-4-2-1-3-17(21)14-26/h1-5,13,18,22,31H,6-12,15-16H2,(H,27,33)/t18-,22?/m1/s1. The molecule has 1 aromatic rings. The number of carbonyl (C=O) groups is 2. The van der Waals surface area contributed by atoms with Crippen molar-refractivity contribution in [3.8, 4) is 6.07 Å². The van der Waals surface area contributed by atoms with Crippen molar-refractivity contribution in [1.82, 2.24) is 15.1 Å². The van der Waals surface area contributed by atoms with Crippen molar-refractivity contribution in [1.29, 1.82) is 5.26 Å². The monoisotopic (exact) mass is 469 g/mol. The van der Waals surface area contributed by atoms with E-state index in [-0.39, 0.29) is 17.7 Å². The fourth-order valence-electron chi connectivity index (χ4n) is 4.51. The summed E-state index contributed by atoms with van der Waals surface area (Å²) in [5.41, 5.74) is 2.18. The van der Waals surface area contributed by atoms with Crippen molar-refractivity contribution in [2.24, 2.45) is 5.92 Å². The molecule has 2 saturated heterocycles. The predicted octanol–water partition coefficient (Wildman–Crippen LogP) is 1.42. The third-order valence-corrected chi connectivity index (χ3v) is 6.80. The number of carbonyl (C=O) groups excluding carboxylic acids is 2. The molecule has 1 aromatic carbocycles. The lowest BCUT2D eigenvalue weighted by Gasteiger charge is -2.37. The summed E-state index contributed by atoms with van der Waals surface area (Å²) in [6, 6.07) is 9.77. The van der Waals surface area contributed by atoms with E-state index in [4.69, 9.17) is 11.6 Å². The quantitative estimate of drug-likeness (QED) is 0.676. The topological polar surface area (TPSA) is 99.9 Å². The van der Waals surface area contributed by atoms with Crippen molar-refractivity contribution < 1.29 is 14.7 Å². The number of rotatable bonds is 5. The average molecular weight is 470 g/mol. The summed E-state index contributed by atoms with van der Waals surface area (Å²) in [6.07, 6.45) is 3.72. The van der Waals surface area contributed by atoms with Gasteiger partial charge in [-0.1, -0.05) is 29.8 Å². The molecule has 0 spiro atoms. The van der Waals surface area contributed by atoms with Gasteiger partial charge in [0.2, 0.25) is 11.8 Å². The van der Waals surface area contributed by atoms with Crippen LogP contribution in [0.4, 0.5) is 5.69 Å². The number of nitrogens with one attached hydrogen (secondary N) is 1. The van der Waals surface area contributed by atoms with Gasteiger partial charge >= 0.3 is 0 Å². The molecular formula is C24H28ClN5O3. The Morgan fingerprint density at radius 3 is 2.67 bits per heavy atom.